The number of carbonyl (C=O) groups excluding carboxylic acids is 1. The van der Waals surface area contributed by atoms with Crippen molar-refractivity contribution in [2.24, 2.45) is 11.8 Å². The van der Waals surface area contributed by atoms with Crippen molar-refractivity contribution in [1.82, 2.24) is 0 Å². The Balaban J connectivity index is 5.38. The Hall–Kier alpha value is -1.02. The number of carbonyl (C=O) groups is 1. The first-order valence-electron chi connectivity index (χ1n) is 6.15. The SMILES string of the molecule is CC(C)CC(F)(C(=O)OC(C(F)(F)F)C(F)(F)F)C(C)C. The molecule has 0 rings (SSSR count). The monoisotopic (exact) mass is 326 g/mol. The lowest BCUT2D eigenvalue weighted by molar-refractivity contribution is -0.316. The van der Waals surface area contributed by atoms with Gasteiger partial charge in [-0.15, -0.1) is 0 Å². The zero-order chi connectivity index (χ0) is 17.2. The summed E-state index contributed by atoms with van der Waals surface area (Å²) in [6.07, 6.45) is -16.6. The fraction of sp³-hybridized carbons (Fsp3) is 0.917. The van der Waals surface area contributed by atoms with Gasteiger partial charge in [-0.25, -0.2) is 9.18 Å². The van der Waals surface area contributed by atoms with Gasteiger partial charge in [-0.05, 0) is 18.3 Å². The molecular formula is C12H17F7O2. The van der Waals surface area contributed by atoms with Crippen LogP contribution in [-0.4, -0.2) is 30.1 Å². The molecule has 0 aromatic rings. The fourth-order valence-corrected chi connectivity index (χ4v) is 1.67. The highest BCUT2D eigenvalue weighted by Crippen LogP contribution is 2.39. The summed E-state index contributed by atoms with van der Waals surface area (Å²) in [7, 11) is 0. The number of halogens is 7. The Morgan fingerprint density at radius 1 is 0.905 bits per heavy atom. The predicted molar refractivity (Wildman–Crippen MR) is 60.1 cm³/mol. The van der Waals surface area contributed by atoms with Crippen molar-refractivity contribution < 1.29 is 40.3 Å². The minimum Gasteiger partial charge on any atom is -0.440 e. The Kier molecular flexibility index (Phi) is 6.08. The summed E-state index contributed by atoms with van der Waals surface area (Å²) < 4.78 is 91.8. The third kappa shape index (κ3) is 5.35. The van der Waals surface area contributed by atoms with Crippen LogP contribution < -0.4 is 0 Å². The molecule has 2 nitrogen and oxygen atoms in total. The molecule has 0 aromatic heterocycles. The quantitative estimate of drug-likeness (QED) is 0.552. The van der Waals surface area contributed by atoms with E-state index in [9.17, 15) is 35.5 Å². The molecule has 0 N–H and O–H groups in total. The highest BCUT2D eigenvalue weighted by Gasteiger charge is 2.61. The molecule has 0 aliphatic carbocycles. The minimum absolute atomic E-state index is 0.458. The lowest BCUT2D eigenvalue weighted by Crippen LogP contribution is -2.51. The van der Waals surface area contributed by atoms with Gasteiger partial charge >= 0.3 is 18.3 Å². The van der Waals surface area contributed by atoms with Crippen molar-refractivity contribution in [3.05, 3.63) is 0 Å². The minimum atomic E-state index is -5.86. The zero-order valence-electron chi connectivity index (χ0n) is 11.9. The normalized spacial score (nSPS) is 16.5. The molecule has 0 radical (unpaired) electrons. The van der Waals surface area contributed by atoms with Gasteiger partial charge in [-0.3, -0.25) is 0 Å². The molecule has 0 aliphatic heterocycles. The largest absolute Gasteiger partial charge is 0.440 e. The molecule has 21 heavy (non-hydrogen) atoms. The Bertz CT molecular complexity index is 346. The number of hydrogen-bond acceptors (Lipinski definition) is 2. The number of esters is 1. The van der Waals surface area contributed by atoms with Crippen LogP contribution in [0.4, 0.5) is 30.7 Å². The second-order valence-corrected chi connectivity index (χ2v) is 5.48. The molecule has 1 unspecified atom stereocenters. The van der Waals surface area contributed by atoms with Gasteiger partial charge in [0.1, 0.15) is 0 Å². The average Bonchev–Trinajstić information content (AvgIpc) is 2.20. The second kappa shape index (κ2) is 6.39. The Morgan fingerprint density at radius 3 is 1.52 bits per heavy atom. The number of hydrogen-bond donors (Lipinski definition) is 0. The van der Waals surface area contributed by atoms with Crippen molar-refractivity contribution in [2.45, 2.75) is 58.2 Å². The van der Waals surface area contributed by atoms with E-state index in [1.54, 1.807) is 0 Å². The van der Waals surface area contributed by atoms with Gasteiger partial charge in [0.05, 0.1) is 0 Å². The lowest BCUT2D eigenvalue weighted by Gasteiger charge is -2.31. The molecule has 0 saturated heterocycles. The highest BCUT2D eigenvalue weighted by atomic mass is 19.4. The summed E-state index contributed by atoms with van der Waals surface area (Å²) >= 11 is 0. The first-order valence-corrected chi connectivity index (χ1v) is 6.15. The maximum absolute atomic E-state index is 14.5. The molecule has 0 heterocycles. The van der Waals surface area contributed by atoms with Crippen molar-refractivity contribution in [3.8, 4) is 0 Å². The summed E-state index contributed by atoms with van der Waals surface area (Å²) in [5, 5.41) is 0. The fourth-order valence-electron chi connectivity index (χ4n) is 1.67. The van der Waals surface area contributed by atoms with Crippen LogP contribution in [0.1, 0.15) is 34.1 Å². The van der Waals surface area contributed by atoms with Crippen LogP contribution in [0.3, 0.4) is 0 Å². The number of ether oxygens (including phenoxy) is 1. The maximum atomic E-state index is 14.5. The standard InChI is InChI=1S/C12H17F7O2/c1-6(2)5-10(13,7(3)4)9(20)21-8(11(14,15)16)12(17,18)19/h6-8H,5H2,1-4H3. The lowest BCUT2D eigenvalue weighted by atomic mass is 9.84. The molecule has 1 atom stereocenters. The summed E-state index contributed by atoms with van der Waals surface area (Å²) in [6, 6.07) is 0. The van der Waals surface area contributed by atoms with E-state index in [0.29, 0.717) is 0 Å². The predicted octanol–water partition coefficient (Wildman–Crippen LogP) is 4.43. The molecule has 0 fully saturated rings. The summed E-state index contributed by atoms with van der Waals surface area (Å²) in [6.45, 7) is 5.32. The molecule has 0 saturated carbocycles. The number of alkyl halides is 7. The molecule has 9 heteroatoms. The van der Waals surface area contributed by atoms with Crippen molar-refractivity contribution in [2.75, 3.05) is 0 Å². The van der Waals surface area contributed by atoms with Crippen LogP contribution in [0.5, 0.6) is 0 Å². The molecular weight excluding hydrogens is 309 g/mol. The van der Waals surface area contributed by atoms with Gasteiger partial charge in [-0.2, -0.15) is 26.3 Å². The van der Waals surface area contributed by atoms with Gasteiger partial charge in [0.25, 0.3) is 6.10 Å². The third-order valence-electron chi connectivity index (χ3n) is 2.78. The highest BCUT2D eigenvalue weighted by molar-refractivity contribution is 5.80. The van der Waals surface area contributed by atoms with Crippen LogP contribution in [0, 0.1) is 11.8 Å². The Labute approximate surface area is 117 Å². The summed E-state index contributed by atoms with van der Waals surface area (Å²) in [5.41, 5.74) is -2.91. The van der Waals surface area contributed by atoms with Crippen LogP contribution >= 0.6 is 0 Å². The molecule has 0 bridgehead atoms. The molecule has 0 aromatic carbocycles. The molecule has 0 amide bonds. The topological polar surface area (TPSA) is 26.3 Å². The molecule has 0 spiro atoms. The van der Waals surface area contributed by atoms with E-state index in [-0.39, 0.29) is 0 Å². The summed E-state index contributed by atoms with van der Waals surface area (Å²) in [5.74, 6) is -3.74. The summed E-state index contributed by atoms with van der Waals surface area (Å²) in [4.78, 5) is 11.5. The van der Waals surface area contributed by atoms with Gasteiger partial charge in [-0.1, -0.05) is 27.7 Å². The van der Waals surface area contributed by atoms with Gasteiger partial charge in [0.15, 0.2) is 0 Å². The van der Waals surface area contributed by atoms with E-state index in [0.717, 1.165) is 0 Å². The van der Waals surface area contributed by atoms with Crippen LogP contribution in [0.25, 0.3) is 0 Å². The van der Waals surface area contributed by atoms with E-state index in [1.807, 2.05) is 0 Å². The molecule has 0 aliphatic rings. The van der Waals surface area contributed by atoms with Gasteiger partial charge < -0.3 is 4.74 Å². The van der Waals surface area contributed by atoms with Crippen molar-refractivity contribution in [1.29, 1.82) is 0 Å². The van der Waals surface area contributed by atoms with Crippen LogP contribution in [0.15, 0.2) is 0 Å². The zero-order valence-corrected chi connectivity index (χ0v) is 11.9. The van der Waals surface area contributed by atoms with E-state index in [4.69, 9.17) is 0 Å². The van der Waals surface area contributed by atoms with E-state index in [2.05, 4.69) is 4.74 Å². The first kappa shape index (κ1) is 20.0. The van der Waals surface area contributed by atoms with E-state index < -0.39 is 48.4 Å². The average molecular weight is 326 g/mol. The second-order valence-electron chi connectivity index (χ2n) is 5.48. The van der Waals surface area contributed by atoms with E-state index >= 15 is 0 Å². The van der Waals surface area contributed by atoms with Crippen molar-refractivity contribution >= 4 is 5.97 Å². The van der Waals surface area contributed by atoms with Crippen LogP contribution in [0.2, 0.25) is 0 Å². The smallest absolute Gasteiger partial charge is 0.434 e. The van der Waals surface area contributed by atoms with Crippen molar-refractivity contribution in [3.63, 3.8) is 0 Å². The first-order chi connectivity index (χ1) is 9.12. The van der Waals surface area contributed by atoms with Gasteiger partial charge in [0, 0.05) is 0 Å². The molecule has 126 valence electrons. The van der Waals surface area contributed by atoms with E-state index in [1.165, 1.54) is 27.7 Å². The third-order valence-corrected chi connectivity index (χ3v) is 2.78. The van der Waals surface area contributed by atoms with Gasteiger partial charge in [0.2, 0.25) is 5.67 Å². The Morgan fingerprint density at radius 2 is 1.29 bits per heavy atom. The number of rotatable bonds is 5. The van der Waals surface area contributed by atoms with Crippen LogP contribution in [-0.2, 0) is 9.53 Å². The maximum Gasteiger partial charge on any atom is 0.434 e.